The van der Waals surface area contributed by atoms with E-state index in [1.807, 2.05) is 12.1 Å². The van der Waals surface area contributed by atoms with Gasteiger partial charge in [-0.2, -0.15) is 4.98 Å². The van der Waals surface area contributed by atoms with E-state index in [-0.39, 0.29) is 18.4 Å². The molecule has 1 aromatic carbocycles. The minimum atomic E-state index is -0.300. The molecule has 1 amide bonds. The molecule has 0 fully saturated rings. The number of nitrogens with zero attached hydrogens (tertiary/aromatic N) is 5. The fourth-order valence-electron chi connectivity index (χ4n) is 2.05. The van der Waals surface area contributed by atoms with Crippen LogP contribution in [-0.2, 0) is 13.0 Å². The number of aliphatic hydroxyl groups is 1. The molecule has 0 radical (unpaired) electrons. The molecule has 3 aromatic rings. The van der Waals surface area contributed by atoms with Crippen molar-refractivity contribution in [2.45, 2.75) is 13.0 Å². The number of aromatic nitrogens is 5. The molecule has 0 spiro atoms. The molecule has 23 heavy (non-hydrogen) atoms. The monoisotopic (exact) mass is 314 g/mol. The van der Waals surface area contributed by atoms with Gasteiger partial charge in [0.15, 0.2) is 5.82 Å². The second kappa shape index (κ2) is 6.79. The molecule has 0 atom stereocenters. The van der Waals surface area contributed by atoms with Gasteiger partial charge in [0.05, 0.1) is 11.3 Å². The standard InChI is InChI=1S/C14H14N6O3/c21-7-13-18-12(19-23-13)5-6-15-14(22)10-3-1-2-4-11(10)20-8-16-17-9-20/h1-4,8-9,21H,5-7H2,(H,15,22). The predicted octanol–water partition coefficient (Wildman–Crippen LogP) is 0.115. The van der Waals surface area contributed by atoms with Crippen molar-refractivity contribution in [2.24, 2.45) is 0 Å². The summed E-state index contributed by atoms with van der Waals surface area (Å²) >= 11 is 0. The Morgan fingerprint density at radius 2 is 2.04 bits per heavy atom. The Labute approximate surface area is 131 Å². The molecule has 118 valence electrons. The third-order valence-electron chi connectivity index (χ3n) is 3.13. The van der Waals surface area contributed by atoms with Crippen molar-refractivity contribution in [1.29, 1.82) is 0 Å². The van der Waals surface area contributed by atoms with Gasteiger partial charge in [0, 0.05) is 13.0 Å². The van der Waals surface area contributed by atoms with Gasteiger partial charge in [-0.3, -0.25) is 9.36 Å². The third kappa shape index (κ3) is 3.40. The summed E-state index contributed by atoms with van der Waals surface area (Å²) in [5, 5.41) is 22.8. The molecule has 0 aliphatic rings. The van der Waals surface area contributed by atoms with E-state index in [1.165, 1.54) is 12.7 Å². The number of benzene rings is 1. The van der Waals surface area contributed by atoms with Crippen LogP contribution in [0.3, 0.4) is 0 Å². The van der Waals surface area contributed by atoms with E-state index in [0.29, 0.717) is 30.0 Å². The van der Waals surface area contributed by atoms with Crippen LogP contribution in [0.25, 0.3) is 5.69 Å². The topological polar surface area (TPSA) is 119 Å². The number of rotatable bonds is 6. The molecule has 2 heterocycles. The lowest BCUT2D eigenvalue weighted by atomic mass is 10.1. The van der Waals surface area contributed by atoms with E-state index in [9.17, 15) is 4.79 Å². The van der Waals surface area contributed by atoms with Crippen LogP contribution in [0.5, 0.6) is 0 Å². The molecular weight excluding hydrogens is 300 g/mol. The normalized spacial score (nSPS) is 10.7. The van der Waals surface area contributed by atoms with E-state index >= 15 is 0 Å². The Hall–Kier alpha value is -3.07. The summed E-state index contributed by atoms with van der Waals surface area (Å²) < 4.78 is 6.45. The second-order valence-corrected chi connectivity index (χ2v) is 4.65. The summed E-state index contributed by atoms with van der Waals surface area (Å²) in [6, 6.07) is 7.16. The number of hydrogen-bond acceptors (Lipinski definition) is 7. The maximum absolute atomic E-state index is 12.3. The van der Waals surface area contributed by atoms with Gasteiger partial charge in [-0.15, -0.1) is 10.2 Å². The summed E-state index contributed by atoms with van der Waals surface area (Å²) in [5.74, 6) is 0.367. The highest BCUT2D eigenvalue weighted by atomic mass is 16.5. The smallest absolute Gasteiger partial charge is 0.253 e. The molecule has 2 aromatic heterocycles. The summed E-state index contributed by atoms with van der Waals surface area (Å²) in [7, 11) is 0. The first kappa shape index (κ1) is 14.9. The maximum Gasteiger partial charge on any atom is 0.253 e. The molecule has 0 aliphatic heterocycles. The number of aliphatic hydroxyl groups excluding tert-OH is 1. The molecule has 0 aliphatic carbocycles. The first-order chi connectivity index (χ1) is 11.3. The minimum absolute atomic E-state index is 0.157. The Balaban J connectivity index is 1.65. The summed E-state index contributed by atoms with van der Waals surface area (Å²) in [6.45, 7) is 0.0470. The van der Waals surface area contributed by atoms with E-state index < -0.39 is 0 Å². The van der Waals surface area contributed by atoms with Crippen LogP contribution in [0.4, 0.5) is 0 Å². The zero-order chi connectivity index (χ0) is 16.1. The first-order valence-electron chi connectivity index (χ1n) is 6.92. The molecule has 0 bridgehead atoms. The van der Waals surface area contributed by atoms with Gasteiger partial charge in [0.2, 0.25) is 0 Å². The summed E-state index contributed by atoms with van der Waals surface area (Å²) in [6.07, 6.45) is 3.47. The van der Waals surface area contributed by atoms with Crippen molar-refractivity contribution in [3.63, 3.8) is 0 Å². The van der Waals surface area contributed by atoms with Crippen LogP contribution >= 0.6 is 0 Å². The molecule has 0 unspecified atom stereocenters. The van der Waals surface area contributed by atoms with Crippen molar-refractivity contribution in [1.82, 2.24) is 30.2 Å². The average Bonchev–Trinajstić information content (AvgIpc) is 3.26. The molecule has 0 saturated carbocycles. The van der Waals surface area contributed by atoms with Crippen LogP contribution < -0.4 is 5.32 Å². The summed E-state index contributed by atoms with van der Waals surface area (Å²) in [4.78, 5) is 16.3. The van der Waals surface area contributed by atoms with E-state index in [0.717, 1.165) is 0 Å². The lowest BCUT2D eigenvalue weighted by Gasteiger charge is -2.09. The van der Waals surface area contributed by atoms with Crippen LogP contribution in [0.2, 0.25) is 0 Å². The lowest BCUT2D eigenvalue weighted by Crippen LogP contribution is -2.27. The summed E-state index contributed by atoms with van der Waals surface area (Å²) in [5.41, 5.74) is 1.20. The van der Waals surface area contributed by atoms with Gasteiger partial charge >= 0.3 is 0 Å². The molecule has 0 saturated heterocycles. The molecule has 9 nitrogen and oxygen atoms in total. The van der Waals surface area contributed by atoms with Gasteiger partial charge < -0.3 is 14.9 Å². The fourth-order valence-corrected chi connectivity index (χ4v) is 2.05. The average molecular weight is 314 g/mol. The van der Waals surface area contributed by atoms with Crippen LogP contribution in [-0.4, -0.2) is 42.5 Å². The number of amides is 1. The van der Waals surface area contributed by atoms with Gasteiger partial charge in [-0.05, 0) is 12.1 Å². The van der Waals surface area contributed by atoms with Crippen molar-refractivity contribution >= 4 is 5.91 Å². The number of nitrogens with one attached hydrogen (secondary N) is 1. The first-order valence-corrected chi connectivity index (χ1v) is 6.92. The van der Waals surface area contributed by atoms with Gasteiger partial charge in [-0.25, -0.2) is 0 Å². The molecule has 3 rings (SSSR count). The lowest BCUT2D eigenvalue weighted by molar-refractivity contribution is 0.0954. The number of carbonyl (C=O) groups excluding carboxylic acids is 1. The van der Waals surface area contributed by atoms with Crippen molar-refractivity contribution < 1.29 is 14.4 Å². The van der Waals surface area contributed by atoms with Crippen LogP contribution in [0.15, 0.2) is 41.4 Å². The predicted molar refractivity (Wildman–Crippen MR) is 77.6 cm³/mol. The van der Waals surface area contributed by atoms with Crippen LogP contribution in [0.1, 0.15) is 22.1 Å². The van der Waals surface area contributed by atoms with Crippen molar-refractivity contribution in [3.05, 3.63) is 54.2 Å². The van der Waals surface area contributed by atoms with Gasteiger partial charge in [0.25, 0.3) is 11.8 Å². The van der Waals surface area contributed by atoms with Crippen molar-refractivity contribution in [3.8, 4) is 5.69 Å². The Morgan fingerprint density at radius 1 is 1.26 bits per heavy atom. The molecule has 9 heteroatoms. The zero-order valence-electron chi connectivity index (χ0n) is 12.1. The van der Waals surface area contributed by atoms with E-state index in [4.69, 9.17) is 9.63 Å². The number of para-hydroxylation sites is 1. The van der Waals surface area contributed by atoms with Gasteiger partial charge in [0.1, 0.15) is 19.3 Å². The number of carbonyl (C=O) groups is 1. The van der Waals surface area contributed by atoms with Crippen LogP contribution in [0, 0.1) is 0 Å². The Morgan fingerprint density at radius 3 is 2.78 bits per heavy atom. The van der Waals surface area contributed by atoms with Crippen molar-refractivity contribution in [2.75, 3.05) is 6.54 Å². The Kier molecular flexibility index (Phi) is 4.39. The van der Waals surface area contributed by atoms with E-state index in [2.05, 4.69) is 25.7 Å². The zero-order valence-corrected chi connectivity index (χ0v) is 12.1. The molecule has 2 N–H and O–H groups in total. The van der Waals surface area contributed by atoms with Gasteiger partial charge in [-0.1, -0.05) is 17.3 Å². The largest absolute Gasteiger partial charge is 0.387 e. The highest BCUT2D eigenvalue weighted by molar-refractivity contribution is 5.97. The third-order valence-corrected chi connectivity index (χ3v) is 3.13. The maximum atomic E-state index is 12.3. The quantitative estimate of drug-likeness (QED) is 0.663. The molecular formula is C14H14N6O3. The number of hydrogen-bond donors (Lipinski definition) is 2. The fraction of sp³-hybridized carbons (Fsp3) is 0.214. The highest BCUT2D eigenvalue weighted by Crippen LogP contribution is 2.13. The van der Waals surface area contributed by atoms with E-state index in [1.54, 1.807) is 16.7 Å². The Bertz CT molecular complexity index is 783. The SMILES string of the molecule is O=C(NCCc1noc(CO)n1)c1ccccc1-n1cnnc1. The second-order valence-electron chi connectivity index (χ2n) is 4.65. The highest BCUT2D eigenvalue weighted by Gasteiger charge is 2.12. The minimum Gasteiger partial charge on any atom is -0.387 e.